The van der Waals surface area contributed by atoms with Gasteiger partial charge in [-0.1, -0.05) is 6.92 Å². The number of rotatable bonds is 4. The number of ether oxygens (including phenoxy) is 1. The lowest BCUT2D eigenvalue weighted by molar-refractivity contribution is 0.101. The van der Waals surface area contributed by atoms with Gasteiger partial charge in [0.2, 0.25) is 0 Å². The first-order valence-electron chi connectivity index (χ1n) is 5.89. The molecule has 0 unspecified atom stereocenters. The van der Waals surface area contributed by atoms with Crippen molar-refractivity contribution in [3.8, 4) is 0 Å². The maximum atomic E-state index is 12.1. The summed E-state index contributed by atoms with van der Waals surface area (Å²) in [6.07, 6.45) is 3.37. The summed E-state index contributed by atoms with van der Waals surface area (Å²) in [6.45, 7) is 2.84. The molecule has 1 aliphatic heterocycles. The second-order valence-corrected chi connectivity index (χ2v) is 5.24. The fourth-order valence-corrected chi connectivity index (χ4v) is 2.45. The van der Waals surface area contributed by atoms with Crippen LogP contribution in [0.1, 0.15) is 30.1 Å². The van der Waals surface area contributed by atoms with Gasteiger partial charge in [-0.05, 0) is 42.9 Å². The van der Waals surface area contributed by atoms with Crippen LogP contribution in [-0.2, 0) is 4.74 Å². The maximum Gasteiger partial charge on any atom is 0.192 e. The minimum atomic E-state index is 0.0951. The largest absolute Gasteiger partial charge is 0.501 e. The highest BCUT2D eigenvalue weighted by molar-refractivity contribution is 7.99. The van der Waals surface area contributed by atoms with E-state index >= 15 is 0 Å². The molecule has 0 fully saturated rings. The second-order valence-electron chi connectivity index (χ2n) is 3.90. The molecule has 1 aromatic rings. The van der Waals surface area contributed by atoms with E-state index in [1.165, 1.54) is 4.90 Å². The standard InChI is InChI=1S/C14H16O2S/c1-2-17-13-7-5-11(6-8-13)14(15)12-4-3-9-16-10-12/h5-8,10H,2-4,9H2,1H3. The minimum Gasteiger partial charge on any atom is -0.501 e. The Morgan fingerprint density at radius 1 is 1.35 bits per heavy atom. The van der Waals surface area contributed by atoms with E-state index in [0.717, 1.165) is 36.3 Å². The molecule has 0 saturated heterocycles. The SMILES string of the molecule is CCSc1ccc(C(=O)C2=COCCC2)cc1. The van der Waals surface area contributed by atoms with Gasteiger partial charge < -0.3 is 4.74 Å². The molecule has 0 radical (unpaired) electrons. The number of ketones is 1. The van der Waals surface area contributed by atoms with Gasteiger partial charge >= 0.3 is 0 Å². The smallest absolute Gasteiger partial charge is 0.192 e. The molecule has 2 nitrogen and oxygen atoms in total. The molecule has 17 heavy (non-hydrogen) atoms. The Balaban J connectivity index is 2.11. The van der Waals surface area contributed by atoms with Gasteiger partial charge in [-0.15, -0.1) is 11.8 Å². The van der Waals surface area contributed by atoms with Crippen LogP contribution < -0.4 is 0 Å². The summed E-state index contributed by atoms with van der Waals surface area (Å²) in [4.78, 5) is 13.3. The van der Waals surface area contributed by atoms with E-state index in [4.69, 9.17) is 4.74 Å². The Morgan fingerprint density at radius 2 is 2.12 bits per heavy atom. The molecule has 0 bridgehead atoms. The maximum absolute atomic E-state index is 12.1. The summed E-state index contributed by atoms with van der Waals surface area (Å²) < 4.78 is 5.20. The third kappa shape index (κ3) is 3.13. The van der Waals surface area contributed by atoms with Crippen molar-refractivity contribution in [1.82, 2.24) is 0 Å². The monoisotopic (exact) mass is 248 g/mol. The van der Waals surface area contributed by atoms with E-state index < -0.39 is 0 Å². The molecule has 0 amide bonds. The first-order valence-corrected chi connectivity index (χ1v) is 6.88. The molecule has 0 aromatic heterocycles. The number of hydrogen-bond donors (Lipinski definition) is 0. The van der Waals surface area contributed by atoms with Gasteiger partial charge in [0.15, 0.2) is 5.78 Å². The van der Waals surface area contributed by atoms with Crippen molar-refractivity contribution in [2.45, 2.75) is 24.7 Å². The normalized spacial score (nSPS) is 15.0. The fraction of sp³-hybridized carbons (Fsp3) is 0.357. The first kappa shape index (κ1) is 12.2. The summed E-state index contributed by atoms with van der Waals surface area (Å²) >= 11 is 1.78. The average molecular weight is 248 g/mol. The van der Waals surface area contributed by atoms with E-state index in [9.17, 15) is 4.79 Å². The quantitative estimate of drug-likeness (QED) is 0.600. The van der Waals surface area contributed by atoms with E-state index in [0.29, 0.717) is 0 Å². The van der Waals surface area contributed by atoms with Gasteiger partial charge in [0.25, 0.3) is 0 Å². The van der Waals surface area contributed by atoms with Crippen molar-refractivity contribution in [2.75, 3.05) is 12.4 Å². The molecule has 0 saturated carbocycles. The third-order valence-corrected chi connectivity index (χ3v) is 3.55. The highest BCUT2D eigenvalue weighted by atomic mass is 32.2. The van der Waals surface area contributed by atoms with Gasteiger partial charge in [0, 0.05) is 16.0 Å². The van der Waals surface area contributed by atoms with Gasteiger partial charge in [0.05, 0.1) is 12.9 Å². The molecule has 2 rings (SSSR count). The predicted molar refractivity (Wildman–Crippen MR) is 70.4 cm³/mol. The second kappa shape index (κ2) is 5.92. The van der Waals surface area contributed by atoms with E-state index in [2.05, 4.69) is 6.92 Å². The number of thioether (sulfide) groups is 1. The van der Waals surface area contributed by atoms with Crippen molar-refractivity contribution in [2.24, 2.45) is 0 Å². The number of allylic oxidation sites excluding steroid dienone is 1. The zero-order valence-electron chi connectivity index (χ0n) is 9.94. The van der Waals surface area contributed by atoms with Gasteiger partial charge in [-0.25, -0.2) is 0 Å². The Labute approximate surface area is 106 Å². The zero-order valence-corrected chi connectivity index (χ0v) is 10.8. The fourth-order valence-electron chi connectivity index (χ4n) is 1.79. The number of hydrogen-bond acceptors (Lipinski definition) is 3. The van der Waals surface area contributed by atoms with Crippen LogP contribution in [0, 0.1) is 0 Å². The lowest BCUT2D eigenvalue weighted by atomic mass is 10.00. The summed E-state index contributed by atoms with van der Waals surface area (Å²) in [5.41, 5.74) is 1.54. The molecule has 0 N–H and O–H groups in total. The van der Waals surface area contributed by atoms with Crippen LogP contribution in [0.25, 0.3) is 0 Å². The van der Waals surface area contributed by atoms with Crippen molar-refractivity contribution >= 4 is 17.5 Å². The minimum absolute atomic E-state index is 0.0951. The first-order chi connectivity index (χ1) is 8.31. The van der Waals surface area contributed by atoms with Crippen molar-refractivity contribution < 1.29 is 9.53 Å². The van der Waals surface area contributed by atoms with Crippen LogP contribution in [0.3, 0.4) is 0 Å². The van der Waals surface area contributed by atoms with Crippen molar-refractivity contribution in [3.63, 3.8) is 0 Å². The zero-order chi connectivity index (χ0) is 12.1. The van der Waals surface area contributed by atoms with Crippen LogP contribution in [-0.4, -0.2) is 18.1 Å². The molecule has 1 heterocycles. The Hall–Kier alpha value is -1.22. The van der Waals surface area contributed by atoms with Crippen LogP contribution in [0.15, 0.2) is 41.0 Å². The van der Waals surface area contributed by atoms with Crippen LogP contribution in [0.2, 0.25) is 0 Å². The molecule has 0 atom stereocenters. The molecular weight excluding hydrogens is 232 g/mol. The van der Waals surface area contributed by atoms with E-state index in [1.54, 1.807) is 18.0 Å². The molecule has 0 aliphatic carbocycles. The van der Waals surface area contributed by atoms with Crippen molar-refractivity contribution in [1.29, 1.82) is 0 Å². The Bertz CT molecular complexity index is 420. The summed E-state index contributed by atoms with van der Waals surface area (Å²) in [7, 11) is 0. The number of carbonyl (C=O) groups excluding carboxylic acids is 1. The van der Waals surface area contributed by atoms with E-state index in [1.807, 2.05) is 24.3 Å². The van der Waals surface area contributed by atoms with Gasteiger partial charge in [-0.2, -0.15) is 0 Å². The summed E-state index contributed by atoms with van der Waals surface area (Å²) in [6, 6.07) is 7.81. The lowest BCUT2D eigenvalue weighted by Gasteiger charge is -2.12. The summed E-state index contributed by atoms with van der Waals surface area (Å²) in [5, 5.41) is 0. The van der Waals surface area contributed by atoms with E-state index in [-0.39, 0.29) is 5.78 Å². The van der Waals surface area contributed by atoms with Crippen LogP contribution >= 0.6 is 11.8 Å². The average Bonchev–Trinajstić information content (AvgIpc) is 2.40. The molecule has 1 aliphatic rings. The third-order valence-electron chi connectivity index (χ3n) is 2.65. The Kier molecular flexibility index (Phi) is 4.26. The molecular formula is C14H16O2S. The molecule has 0 spiro atoms. The van der Waals surface area contributed by atoms with Crippen molar-refractivity contribution in [3.05, 3.63) is 41.7 Å². The van der Waals surface area contributed by atoms with Crippen LogP contribution in [0.4, 0.5) is 0 Å². The number of Topliss-reactive ketones (excluding diaryl/α,β-unsaturated/α-hetero) is 1. The topological polar surface area (TPSA) is 26.3 Å². The molecule has 3 heteroatoms. The summed E-state index contributed by atoms with van der Waals surface area (Å²) in [5.74, 6) is 1.14. The number of carbonyl (C=O) groups is 1. The van der Waals surface area contributed by atoms with Gasteiger partial charge in [-0.3, -0.25) is 4.79 Å². The highest BCUT2D eigenvalue weighted by Gasteiger charge is 2.15. The molecule has 90 valence electrons. The molecule has 1 aromatic carbocycles. The highest BCUT2D eigenvalue weighted by Crippen LogP contribution is 2.21. The van der Waals surface area contributed by atoms with Crippen LogP contribution in [0.5, 0.6) is 0 Å². The lowest BCUT2D eigenvalue weighted by Crippen LogP contribution is -2.09. The number of benzene rings is 1. The Morgan fingerprint density at radius 3 is 2.71 bits per heavy atom. The predicted octanol–water partition coefficient (Wildman–Crippen LogP) is 3.68. The van der Waals surface area contributed by atoms with Gasteiger partial charge in [0.1, 0.15) is 0 Å².